The van der Waals surface area contributed by atoms with Crippen molar-refractivity contribution in [1.82, 2.24) is 0 Å². The van der Waals surface area contributed by atoms with Crippen LogP contribution in [0, 0.1) is 23.7 Å². The van der Waals surface area contributed by atoms with E-state index < -0.39 is 0 Å². The maximum atomic E-state index is 2.54. The van der Waals surface area contributed by atoms with Gasteiger partial charge in [0.1, 0.15) is 0 Å². The van der Waals surface area contributed by atoms with Gasteiger partial charge in [0.05, 0.1) is 0 Å². The van der Waals surface area contributed by atoms with Gasteiger partial charge in [-0.05, 0) is 50.4 Å². The Morgan fingerprint density at radius 2 is 2.08 bits per heavy atom. The lowest BCUT2D eigenvalue weighted by atomic mass is 9.79. The molecule has 0 radical (unpaired) electrons. The van der Waals surface area contributed by atoms with E-state index in [1.807, 2.05) is 0 Å². The Bertz CT molecular complexity index is 282. The van der Waals surface area contributed by atoms with Crippen LogP contribution in [0.25, 0.3) is 0 Å². The molecule has 0 aromatic heterocycles. The van der Waals surface area contributed by atoms with Crippen molar-refractivity contribution in [1.29, 1.82) is 0 Å². The lowest BCUT2D eigenvalue weighted by molar-refractivity contribution is 0.376. The molecule has 0 nitrogen and oxygen atoms in total. The van der Waals surface area contributed by atoms with Gasteiger partial charge >= 0.3 is 0 Å². The number of fused-ring (bicyclic) bond motifs is 5. The molecule has 0 aliphatic heterocycles. The Hall–Kier alpha value is -0.520. The first kappa shape index (κ1) is 6.94. The summed E-state index contributed by atoms with van der Waals surface area (Å²) in [5.41, 5.74) is 3.36. The van der Waals surface area contributed by atoms with Crippen LogP contribution in [0.4, 0.5) is 0 Å². The molecule has 0 aromatic rings. The van der Waals surface area contributed by atoms with Crippen LogP contribution in [0.2, 0.25) is 0 Å². The number of hydrogen-bond acceptors (Lipinski definition) is 0. The van der Waals surface area contributed by atoms with Crippen molar-refractivity contribution >= 4 is 0 Å². The first-order valence-electron chi connectivity index (χ1n) is 5.12. The molecule has 3 rings (SSSR count). The third-order valence-electron chi connectivity index (χ3n) is 4.27. The highest BCUT2D eigenvalue weighted by molar-refractivity contribution is 5.31. The summed E-state index contributed by atoms with van der Waals surface area (Å²) in [4.78, 5) is 0. The van der Waals surface area contributed by atoms with E-state index in [-0.39, 0.29) is 0 Å². The van der Waals surface area contributed by atoms with E-state index >= 15 is 0 Å². The Labute approximate surface area is 74.4 Å². The third kappa shape index (κ3) is 0.646. The zero-order valence-corrected chi connectivity index (χ0v) is 7.88. The van der Waals surface area contributed by atoms with E-state index in [4.69, 9.17) is 0 Å². The van der Waals surface area contributed by atoms with Crippen molar-refractivity contribution in [3.05, 3.63) is 23.3 Å². The van der Waals surface area contributed by atoms with Crippen molar-refractivity contribution in [3.8, 4) is 0 Å². The van der Waals surface area contributed by atoms with Gasteiger partial charge in [0.2, 0.25) is 0 Å². The first-order valence-corrected chi connectivity index (χ1v) is 5.12. The highest BCUT2D eigenvalue weighted by atomic mass is 14.5. The standard InChI is InChI=1S/C12H16/c1-7-3-4-10-9-5-8(2)11(6-9)12(7)10/h3,5,9-12H,4,6H2,1-2H3/t9-,10-,11-,12-/m0/s1. The van der Waals surface area contributed by atoms with E-state index in [0.717, 1.165) is 23.7 Å². The summed E-state index contributed by atoms with van der Waals surface area (Å²) in [5.74, 6) is 3.81. The topological polar surface area (TPSA) is 0 Å². The molecule has 4 atom stereocenters. The molecule has 0 saturated heterocycles. The summed E-state index contributed by atoms with van der Waals surface area (Å²) in [6.45, 7) is 4.66. The smallest absolute Gasteiger partial charge is 0.0103 e. The van der Waals surface area contributed by atoms with Crippen molar-refractivity contribution in [2.45, 2.75) is 26.7 Å². The molecule has 1 saturated carbocycles. The molecule has 0 amide bonds. The summed E-state index contributed by atoms with van der Waals surface area (Å²) in [6.07, 6.45) is 7.84. The van der Waals surface area contributed by atoms with Gasteiger partial charge in [-0.1, -0.05) is 23.3 Å². The fourth-order valence-electron chi connectivity index (χ4n) is 3.74. The zero-order valence-electron chi connectivity index (χ0n) is 7.88. The molecular formula is C12H16. The van der Waals surface area contributed by atoms with Gasteiger partial charge in [-0.3, -0.25) is 0 Å². The maximum absolute atomic E-state index is 2.54. The Morgan fingerprint density at radius 1 is 1.25 bits per heavy atom. The molecular weight excluding hydrogens is 144 g/mol. The van der Waals surface area contributed by atoms with Gasteiger partial charge in [0.15, 0.2) is 0 Å². The van der Waals surface area contributed by atoms with Gasteiger partial charge in [0, 0.05) is 0 Å². The zero-order chi connectivity index (χ0) is 8.29. The minimum Gasteiger partial charge on any atom is -0.0850 e. The minimum atomic E-state index is 0.929. The highest BCUT2D eigenvalue weighted by Gasteiger charge is 2.48. The second-order valence-electron chi connectivity index (χ2n) is 4.79. The highest BCUT2D eigenvalue weighted by Crippen LogP contribution is 2.57. The number of hydrogen-bond donors (Lipinski definition) is 0. The van der Waals surface area contributed by atoms with Crippen LogP contribution in [0.3, 0.4) is 0 Å². The van der Waals surface area contributed by atoms with Crippen LogP contribution in [0.15, 0.2) is 23.3 Å². The monoisotopic (exact) mass is 160 g/mol. The Morgan fingerprint density at radius 3 is 2.92 bits per heavy atom. The summed E-state index contributed by atoms with van der Waals surface area (Å²) in [5, 5.41) is 0. The van der Waals surface area contributed by atoms with Crippen molar-refractivity contribution in [3.63, 3.8) is 0 Å². The summed E-state index contributed by atoms with van der Waals surface area (Å²) < 4.78 is 0. The largest absolute Gasteiger partial charge is 0.0850 e. The van der Waals surface area contributed by atoms with Gasteiger partial charge in [0.25, 0.3) is 0 Å². The maximum Gasteiger partial charge on any atom is -0.0103 e. The molecule has 12 heavy (non-hydrogen) atoms. The predicted molar refractivity (Wildman–Crippen MR) is 50.7 cm³/mol. The molecule has 0 heterocycles. The lowest BCUT2D eigenvalue weighted by Crippen LogP contribution is -2.17. The van der Waals surface area contributed by atoms with E-state index in [1.54, 1.807) is 11.1 Å². The quantitative estimate of drug-likeness (QED) is 0.477. The molecule has 0 spiro atoms. The molecule has 3 aliphatic carbocycles. The van der Waals surface area contributed by atoms with Crippen LogP contribution in [0.5, 0.6) is 0 Å². The fourth-order valence-corrected chi connectivity index (χ4v) is 3.74. The van der Waals surface area contributed by atoms with Crippen LogP contribution < -0.4 is 0 Å². The number of allylic oxidation sites excluding steroid dienone is 4. The Balaban J connectivity index is 2.03. The van der Waals surface area contributed by atoms with Crippen LogP contribution in [-0.4, -0.2) is 0 Å². The normalized spacial score (nSPS) is 49.2. The van der Waals surface area contributed by atoms with Crippen molar-refractivity contribution in [2.24, 2.45) is 23.7 Å². The molecule has 0 aromatic carbocycles. The van der Waals surface area contributed by atoms with E-state index in [9.17, 15) is 0 Å². The summed E-state index contributed by atoms with van der Waals surface area (Å²) in [6, 6.07) is 0. The molecule has 0 unspecified atom stereocenters. The second-order valence-corrected chi connectivity index (χ2v) is 4.79. The van der Waals surface area contributed by atoms with E-state index in [1.165, 1.54) is 12.8 Å². The SMILES string of the molecule is CC1=CC[C@@H]2[C@H]1[C@H]1C[C@@H]2C=C1C. The average molecular weight is 160 g/mol. The van der Waals surface area contributed by atoms with Gasteiger partial charge in [-0.2, -0.15) is 0 Å². The summed E-state index contributed by atoms with van der Waals surface area (Å²) in [7, 11) is 0. The lowest BCUT2D eigenvalue weighted by Gasteiger charge is -2.25. The van der Waals surface area contributed by atoms with E-state index in [2.05, 4.69) is 26.0 Å². The second kappa shape index (κ2) is 2.04. The molecule has 2 bridgehead atoms. The van der Waals surface area contributed by atoms with E-state index in [0.29, 0.717) is 0 Å². The molecule has 1 fully saturated rings. The molecule has 64 valence electrons. The van der Waals surface area contributed by atoms with Crippen molar-refractivity contribution < 1.29 is 0 Å². The molecule has 0 N–H and O–H groups in total. The van der Waals surface area contributed by atoms with Crippen LogP contribution in [0.1, 0.15) is 26.7 Å². The van der Waals surface area contributed by atoms with Gasteiger partial charge in [-0.15, -0.1) is 0 Å². The summed E-state index contributed by atoms with van der Waals surface area (Å²) >= 11 is 0. The van der Waals surface area contributed by atoms with Gasteiger partial charge < -0.3 is 0 Å². The predicted octanol–water partition coefficient (Wildman–Crippen LogP) is 3.16. The number of rotatable bonds is 0. The van der Waals surface area contributed by atoms with Crippen LogP contribution in [-0.2, 0) is 0 Å². The molecule has 0 heteroatoms. The third-order valence-corrected chi connectivity index (χ3v) is 4.27. The fraction of sp³-hybridized carbons (Fsp3) is 0.667. The first-order chi connectivity index (χ1) is 5.77. The van der Waals surface area contributed by atoms with Crippen LogP contribution >= 0.6 is 0 Å². The molecule has 3 aliphatic rings. The van der Waals surface area contributed by atoms with Gasteiger partial charge in [-0.25, -0.2) is 0 Å². The Kier molecular flexibility index (Phi) is 1.18. The minimum absolute atomic E-state index is 0.929. The average Bonchev–Trinajstić information content (AvgIpc) is 2.62. The van der Waals surface area contributed by atoms with Crippen molar-refractivity contribution in [2.75, 3.05) is 0 Å².